The van der Waals surface area contributed by atoms with Crippen LogP contribution >= 0.6 is 0 Å². The molecule has 0 unspecified atom stereocenters. The quantitative estimate of drug-likeness (QED) is 0.724. The average Bonchev–Trinajstić information content (AvgIpc) is 3.14. The number of benzene rings is 1. The van der Waals surface area contributed by atoms with E-state index in [9.17, 15) is 9.59 Å². The van der Waals surface area contributed by atoms with Gasteiger partial charge in [-0.1, -0.05) is 12.1 Å². The highest BCUT2D eigenvalue weighted by Crippen LogP contribution is 2.29. The van der Waals surface area contributed by atoms with E-state index in [4.69, 9.17) is 10.2 Å². The molecule has 0 heterocycles. The summed E-state index contributed by atoms with van der Waals surface area (Å²) in [4.78, 5) is 22.6. The second kappa shape index (κ2) is 5.08. The molecule has 0 aromatic heterocycles. The number of rotatable bonds is 5. The molecule has 5 heteroatoms. The fourth-order valence-electron chi connectivity index (χ4n) is 1.70. The van der Waals surface area contributed by atoms with E-state index >= 15 is 0 Å². The fourth-order valence-corrected chi connectivity index (χ4v) is 1.70. The van der Waals surface area contributed by atoms with Crippen LogP contribution < -0.4 is 5.32 Å². The normalized spacial score (nSPS) is 16.0. The van der Waals surface area contributed by atoms with Crippen molar-refractivity contribution >= 4 is 11.9 Å². The standard InChI is InChI=1S/C13H15NO4/c15-10-5-1-8(2-6-10)7-11(13(17)18)14-12(16)9-3-4-9/h1-2,5-6,9,11,15H,3-4,7H2,(H,14,16)(H,17,18)/t11-/m1/s1. The molecular formula is C13H15NO4. The number of nitrogens with one attached hydrogen (secondary N) is 1. The van der Waals surface area contributed by atoms with E-state index in [1.54, 1.807) is 12.1 Å². The second-order valence-electron chi connectivity index (χ2n) is 4.54. The summed E-state index contributed by atoms with van der Waals surface area (Å²) in [6, 6.07) is 5.37. The Hall–Kier alpha value is -2.04. The van der Waals surface area contributed by atoms with E-state index in [0.717, 1.165) is 18.4 Å². The summed E-state index contributed by atoms with van der Waals surface area (Å²) in [5.74, 6) is -1.10. The Morgan fingerprint density at radius 1 is 1.28 bits per heavy atom. The predicted octanol–water partition coefficient (Wildman–Crippen LogP) is 0.914. The zero-order chi connectivity index (χ0) is 13.1. The van der Waals surface area contributed by atoms with Crippen molar-refractivity contribution < 1.29 is 19.8 Å². The first-order chi connectivity index (χ1) is 8.56. The molecule has 0 bridgehead atoms. The van der Waals surface area contributed by atoms with Crippen LogP contribution in [0.15, 0.2) is 24.3 Å². The van der Waals surface area contributed by atoms with Gasteiger partial charge in [-0.15, -0.1) is 0 Å². The molecule has 1 saturated carbocycles. The zero-order valence-corrected chi connectivity index (χ0v) is 9.80. The lowest BCUT2D eigenvalue weighted by Gasteiger charge is -2.14. The number of carbonyl (C=O) groups is 2. The van der Waals surface area contributed by atoms with E-state index in [0.29, 0.717) is 0 Å². The molecule has 5 nitrogen and oxygen atoms in total. The summed E-state index contributed by atoms with van der Waals surface area (Å²) in [6.45, 7) is 0. The number of hydrogen-bond donors (Lipinski definition) is 3. The number of aliphatic carboxylic acids is 1. The van der Waals surface area contributed by atoms with Crippen LogP contribution in [0.3, 0.4) is 0 Å². The van der Waals surface area contributed by atoms with Gasteiger partial charge in [-0.25, -0.2) is 4.79 Å². The number of phenolic OH excluding ortho intramolecular Hbond substituents is 1. The van der Waals surface area contributed by atoms with Gasteiger partial charge in [0.05, 0.1) is 0 Å². The topological polar surface area (TPSA) is 86.6 Å². The average molecular weight is 249 g/mol. The Balaban J connectivity index is 1.99. The molecule has 1 aliphatic rings. The largest absolute Gasteiger partial charge is 0.508 e. The third-order valence-electron chi connectivity index (χ3n) is 2.94. The number of carboxylic acid groups (broad SMARTS) is 1. The number of carboxylic acids is 1. The van der Waals surface area contributed by atoms with E-state index < -0.39 is 12.0 Å². The van der Waals surface area contributed by atoms with E-state index in [1.807, 2.05) is 0 Å². The third-order valence-corrected chi connectivity index (χ3v) is 2.94. The predicted molar refractivity (Wildman–Crippen MR) is 64.1 cm³/mol. The van der Waals surface area contributed by atoms with E-state index in [1.165, 1.54) is 12.1 Å². The first kappa shape index (κ1) is 12.4. The SMILES string of the molecule is O=C(N[C@H](Cc1ccc(O)cc1)C(=O)O)C1CC1. The first-order valence-electron chi connectivity index (χ1n) is 5.87. The molecule has 1 aromatic carbocycles. The van der Waals surface area contributed by atoms with Crippen molar-refractivity contribution in [2.45, 2.75) is 25.3 Å². The molecule has 1 amide bonds. The number of phenols is 1. The van der Waals surface area contributed by atoms with Gasteiger partial charge >= 0.3 is 5.97 Å². The van der Waals surface area contributed by atoms with E-state index in [-0.39, 0.29) is 24.0 Å². The van der Waals surface area contributed by atoms with Gasteiger partial charge in [0.15, 0.2) is 0 Å². The monoisotopic (exact) mass is 249 g/mol. The molecule has 96 valence electrons. The minimum atomic E-state index is -1.04. The fraction of sp³-hybridized carbons (Fsp3) is 0.385. The van der Waals surface area contributed by atoms with Gasteiger partial charge in [-0.3, -0.25) is 4.79 Å². The Kier molecular flexibility index (Phi) is 3.50. The summed E-state index contributed by atoms with van der Waals surface area (Å²) in [5.41, 5.74) is 0.760. The van der Waals surface area contributed by atoms with Crippen LogP contribution in [0.5, 0.6) is 5.75 Å². The first-order valence-corrected chi connectivity index (χ1v) is 5.87. The number of carbonyl (C=O) groups excluding carboxylic acids is 1. The Bertz CT molecular complexity index is 451. The molecule has 1 aromatic rings. The van der Waals surface area contributed by atoms with Crippen LogP contribution in [0, 0.1) is 5.92 Å². The van der Waals surface area contributed by atoms with Gasteiger partial charge in [0, 0.05) is 12.3 Å². The van der Waals surface area contributed by atoms with Crippen LogP contribution in [-0.4, -0.2) is 28.1 Å². The lowest BCUT2D eigenvalue weighted by Crippen LogP contribution is -2.43. The molecular weight excluding hydrogens is 234 g/mol. The van der Waals surface area contributed by atoms with Crippen molar-refractivity contribution in [1.29, 1.82) is 0 Å². The van der Waals surface area contributed by atoms with Crippen molar-refractivity contribution in [2.24, 2.45) is 5.92 Å². The van der Waals surface area contributed by atoms with Crippen LogP contribution in [0.25, 0.3) is 0 Å². The van der Waals surface area contributed by atoms with Crippen molar-refractivity contribution in [3.05, 3.63) is 29.8 Å². The maximum absolute atomic E-state index is 11.6. The van der Waals surface area contributed by atoms with Gasteiger partial charge in [-0.2, -0.15) is 0 Å². The summed E-state index contributed by atoms with van der Waals surface area (Å²) in [7, 11) is 0. The van der Waals surface area contributed by atoms with Crippen molar-refractivity contribution in [1.82, 2.24) is 5.32 Å². The van der Waals surface area contributed by atoms with Gasteiger partial charge in [-0.05, 0) is 30.5 Å². The molecule has 0 spiro atoms. The summed E-state index contributed by atoms with van der Waals surface area (Å²) < 4.78 is 0. The smallest absolute Gasteiger partial charge is 0.326 e. The summed E-state index contributed by atoms with van der Waals surface area (Å²) >= 11 is 0. The Morgan fingerprint density at radius 2 is 1.89 bits per heavy atom. The van der Waals surface area contributed by atoms with Crippen LogP contribution in [-0.2, 0) is 16.0 Å². The highest BCUT2D eigenvalue weighted by molar-refractivity contribution is 5.86. The molecule has 2 rings (SSSR count). The van der Waals surface area contributed by atoms with Gasteiger partial charge in [0.2, 0.25) is 5.91 Å². The molecule has 0 saturated heterocycles. The number of hydrogen-bond acceptors (Lipinski definition) is 3. The van der Waals surface area contributed by atoms with Gasteiger partial charge in [0.1, 0.15) is 11.8 Å². The Labute approximate surface area is 104 Å². The second-order valence-corrected chi connectivity index (χ2v) is 4.54. The third kappa shape index (κ3) is 3.23. The zero-order valence-electron chi connectivity index (χ0n) is 9.80. The highest BCUT2D eigenvalue weighted by atomic mass is 16.4. The molecule has 3 N–H and O–H groups in total. The molecule has 0 radical (unpaired) electrons. The summed E-state index contributed by atoms with van der Waals surface area (Å²) in [5, 5.41) is 20.8. The summed E-state index contributed by atoms with van der Waals surface area (Å²) in [6.07, 6.45) is 1.91. The van der Waals surface area contributed by atoms with Crippen LogP contribution in [0.1, 0.15) is 18.4 Å². The molecule has 0 aliphatic heterocycles. The van der Waals surface area contributed by atoms with Crippen LogP contribution in [0.4, 0.5) is 0 Å². The van der Waals surface area contributed by atoms with Crippen LogP contribution in [0.2, 0.25) is 0 Å². The van der Waals surface area contributed by atoms with Crippen molar-refractivity contribution in [3.63, 3.8) is 0 Å². The van der Waals surface area contributed by atoms with Gasteiger partial charge in [0.25, 0.3) is 0 Å². The number of amides is 1. The lowest BCUT2D eigenvalue weighted by molar-refractivity contribution is -0.142. The molecule has 18 heavy (non-hydrogen) atoms. The molecule has 1 fully saturated rings. The number of aromatic hydroxyl groups is 1. The minimum absolute atomic E-state index is 0.00771. The van der Waals surface area contributed by atoms with Crippen molar-refractivity contribution in [2.75, 3.05) is 0 Å². The lowest BCUT2D eigenvalue weighted by atomic mass is 10.1. The van der Waals surface area contributed by atoms with E-state index in [2.05, 4.69) is 5.32 Å². The Morgan fingerprint density at radius 3 is 2.39 bits per heavy atom. The highest BCUT2D eigenvalue weighted by Gasteiger charge is 2.32. The molecule has 1 atom stereocenters. The van der Waals surface area contributed by atoms with Gasteiger partial charge < -0.3 is 15.5 Å². The van der Waals surface area contributed by atoms with Crippen molar-refractivity contribution in [3.8, 4) is 5.75 Å². The minimum Gasteiger partial charge on any atom is -0.508 e. The maximum Gasteiger partial charge on any atom is 0.326 e. The molecule has 1 aliphatic carbocycles. The maximum atomic E-state index is 11.6.